The molecule has 148 valence electrons. The minimum Gasteiger partial charge on any atom is -0.490 e. The molecule has 1 aliphatic carbocycles. The van der Waals surface area contributed by atoms with Crippen LogP contribution in [0.25, 0.3) is 0 Å². The van der Waals surface area contributed by atoms with Gasteiger partial charge in [-0.3, -0.25) is 4.79 Å². The van der Waals surface area contributed by atoms with Gasteiger partial charge >= 0.3 is 5.97 Å². The van der Waals surface area contributed by atoms with Crippen molar-refractivity contribution in [3.8, 4) is 5.75 Å². The molecule has 0 radical (unpaired) electrons. The second-order valence-corrected chi connectivity index (χ2v) is 7.34. The topological polar surface area (TPSA) is 46.5 Å². The summed E-state index contributed by atoms with van der Waals surface area (Å²) in [5.41, 5.74) is 3.55. The summed E-state index contributed by atoms with van der Waals surface area (Å²) in [6, 6.07) is 18.5. The van der Waals surface area contributed by atoms with E-state index >= 15 is 0 Å². The van der Waals surface area contributed by atoms with Crippen molar-refractivity contribution in [3.05, 3.63) is 101 Å². The van der Waals surface area contributed by atoms with Crippen LogP contribution in [0.3, 0.4) is 0 Å². The lowest BCUT2D eigenvalue weighted by atomic mass is 9.88. The number of rotatable bonds is 6. The molecule has 0 aromatic heterocycles. The van der Waals surface area contributed by atoms with Gasteiger partial charge < -0.3 is 9.84 Å². The number of hydrogen-bond acceptors (Lipinski definition) is 2. The van der Waals surface area contributed by atoms with Crippen LogP contribution in [0.1, 0.15) is 34.6 Å². The molecule has 1 N–H and O–H groups in total. The van der Waals surface area contributed by atoms with Crippen molar-refractivity contribution in [2.24, 2.45) is 0 Å². The standard InChI is InChI=1S/C24H20F2O3/c25-19-9-18(10-20(26)13-19)23(14-24(27)28)15-5-7-21(8-6-15)29-22-11-16-3-1-2-4-17(16)12-22/h1-10,13,22-23H,11-12,14H2,(H,27,28). The Labute approximate surface area is 167 Å². The third-order valence-electron chi connectivity index (χ3n) is 5.26. The van der Waals surface area contributed by atoms with Gasteiger partial charge in [-0.15, -0.1) is 0 Å². The van der Waals surface area contributed by atoms with E-state index in [1.807, 2.05) is 12.1 Å². The zero-order valence-electron chi connectivity index (χ0n) is 15.6. The maximum Gasteiger partial charge on any atom is 0.304 e. The second-order valence-electron chi connectivity index (χ2n) is 7.34. The van der Waals surface area contributed by atoms with E-state index in [1.165, 1.54) is 23.3 Å². The van der Waals surface area contributed by atoms with Crippen LogP contribution in [0.4, 0.5) is 8.78 Å². The minimum atomic E-state index is -1.04. The Morgan fingerprint density at radius 2 is 1.52 bits per heavy atom. The molecule has 0 heterocycles. The summed E-state index contributed by atoms with van der Waals surface area (Å²) < 4.78 is 33.4. The van der Waals surface area contributed by atoms with Gasteiger partial charge in [-0.1, -0.05) is 36.4 Å². The summed E-state index contributed by atoms with van der Waals surface area (Å²) in [4.78, 5) is 11.3. The summed E-state index contributed by atoms with van der Waals surface area (Å²) in [7, 11) is 0. The van der Waals surface area contributed by atoms with Crippen LogP contribution in [0.5, 0.6) is 5.75 Å². The van der Waals surface area contributed by atoms with E-state index in [0.29, 0.717) is 16.9 Å². The second kappa shape index (κ2) is 8.03. The fourth-order valence-corrected chi connectivity index (χ4v) is 3.95. The number of aliphatic carboxylic acids is 1. The molecule has 1 aliphatic rings. The van der Waals surface area contributed by atoms with Crippen molar-refractivity contribution >= 4 is 5.97 Å². The van der Waals surface area contributed by atoms with E-state index in [2.05, 4.69) is 12.1 Å². The molecule has 0 amide bonds. The molecule has 1 atom stereocenters. The largest absolute Gasteiger partial charge is 0.490 e. The Hall–Kier alpha value is -3.21. The van der Waals surface area contributed by atoms with Crippen LogP contribution in [-0.4, -0.2) is 17.2 Å². The molecule has 29 heavy (non-hydrogen) atoms. The monoisotopic (exact) mass is 394 g/mol. The summed E-state index contributed by atoms with van der Waals surface area (Å²) >= 11 is 0. The number of ether oxygens (including phenoxy) is 1. The maximum atomic E-state index is 13.6. The summed E-state index contributed by atoms with van der Waals surface area (Å²) in [6.07, 6.45) is 1.50. The van der Waals surface area contributed by atoms with Crippen LogP contribution >= 0.6 is 0 Å². The van der Waals surface area contributed by atoms with Crippen molar-refractivity contribution < 1.29 is 23.4 Å². The van der Waals surface area contributed by atoms with Crippen molar-refractivity contribution in [1.82, 2.24) is 0 Å². The minimum absolute atomic E-state index is 0.0605. The van der Waals surface area contributed by atoms with Gasteiger partial charge in [-0.25, -0.2) is 8.78 Å². The number of hydrogen-bond donors (Lipinski definition) is 1. The molecular formula is C24H20F2O3. The molecule has 3 aromatic carbocycles. The Balaban J connectivity index is 1.52. The number of carboxylic acids is 1. The van der Waals surface area contributed by atoms with Crippen LogP contribution in [-0.2, 0) is 17.6 Å². The summed E-state index contributed by atoms with van der Waals surface area (Å²) in [6.45, 7) is 0. The molecule has 3 aromatic rings. The van der Waals surface area contributed by atoms with Gasteiger partial charge in [0, 0.05) is 24.8 Å². The van der Waals surface area contributed by atoms with E-state index < -0.39 is 23.5 Å². The van der Waals surface area contributed by atoms with Gasteiger partial charge in [0.05, 0.1) is 6.42 Å². The van der Waals surface area contributed by atoms with Gasteiger partial charge in [0.1, 0.15) is 23.5 Å². The van der Waals surface area contributed by atoms with Gasteiger partial charge in [0.25, 0.3) is 0 Å². The lowest BCUT2D eigenvalue weighted by molar-refractivity contribution is -0.137. The predicted molar refractivity (Wildman–Crippen MR) is 105 cm³/mol. The van der Waals surface area contributed by atoms with Crippen molar-refractivity contribution in [1.29, 1.82) is 0 Å². The highest BCUT2D eigenvalue weighted by Gasteiger charge is 2.23. The Morgan fingerprint density at radius 1 is 0.931 bits per heavy atom. The number of benzene rings is 3. The van der Waals surface area contributed by atoms with Gasteiger partial charge in [-0.05, 0) is 46.5 Å². The molecular weight excluding hydrogens is 374 g/mol. The molecule has 0 bridgehead atoms. The Kier molecular flexibility index (Phi) is 5.30. The van der Waals surface area contributed by atoms with E-state index in [1.54, 1.807) is 24.3 Å². The van der Waals surface area contributed by atoms with E-state index in [9.17, 15) is 18.7 Å². The van der Waals surface area contributed by atoms with Crippen molar-refractivity contribution in [2.45, 2.75) is 31.3 Å². The first kappa shape index (κ1) is 19.1. The third kappa shape index (κ3) is 4.45. The maximum absolute atomic E-state index is 13.6. The molecule has 0 saturated heterocycles. The van der Waals surface area contributed by atoms with Gasteiger partial charge in [0.15, 0.2) is 0 Å². The van der Waals surface area contributed by atoms with E-state index in [0.717, 1.165) is 18.9 Å². The Morgan fingerprint density at radius 3 is 2.07 bits per heavy atom. The fraction of sp³-hybridized carbons (Fsp3) is 0.208. The van der Waals surface area contributed by atoms with Crippen LogP contribution in [0.15, 0.2) is 66.7 Å². The zero-order chi connectivity index (χ0) is 20.4. The summed E-state index contributed by atoms with van der Waals surface area (Å²) in [5, 5.41) is 9.26. The average Bonchev–Trinajstić information content (AvgIpc) is 3.08. The normalized spacial score (nSPS) is 14.4. The van der Waals surface area contributed by atoms with Crippen molar-refractivity contribution in [3.63, 3.8) is 0 Å². The van der Waals surface area contributed by atoms with Gasteiger partial charge in [0.2, 0.25) is 0 Å². The molecule has 5 heteroatoms. The zero-order valence-corrected chi connectivity index (χ0v) is 15.6. The third-order valence-corrected chi connectivity index (χ3v) is 5.26. The molecule has 1 unspecified atom stereocenters. The van der Waals surface area contributed by atoms with Crippen LogP contribution in [0.2, 0.25) is 0 Å². The lowest BCUT2D eigenvalue weighted by Crippen LogP contribution is -2.16. The van der Waals surface area contributed by atoms with Crippen LogP contribution < -0.4 is 4.74 Å². The number of halogens is 2. The Bertz CT molecular complexity index is 985. The molecule has 0 saturated carbocycles. The number of carboxylic acid groups (broad SMARTS) is 1. The van der Waals surface area contributed by atoms with Gasteiger partial charge in [-0.2, -0.15) is 0 Å². The molecule has 0 aliphatic heterocycles. The fourth-order valence-electron chi connectivity index (χ4n) is 3.95. The first-order chi connectivity index (χ1) is 14.0. The number of fused-ring (bicyclic) bond motifs is 1. The highest BCUT2D eigenvalue weighted by Crippen LogP contribution is 2.31. The predicted octanol–water partition coefficient (Wildman–Crippen LogP) is 5.12. The summed E-state index contributed by atoms with van der Waals surface area (Å²) in [5.74, 6) is -2.45. The first-order valence-corrected chi connectivity index (χ1v) is 9.49. The highest BCUT2D eigenvalue weighted by molar-refractivity contribution is 5.69. The van der Waals surface area contributed by atoms with Crippen molar-refractivity contribution in [2.75, 3.05) is 0 Å². The quantitative estimate of drug-likeness (QED) is 0.631. The lowest BCUT2D eigenvalue weighted by Gasteiger charge is -2.18. The number of carbonyl (C=O) groups is 1. The molecule has 4 rings (SSSR count). The average molecular weight is 394 g/mol. The van der Waals surface area contributed by atoms with E-state index in [4.69, 9.17) is 4.74 Å². The molecule has 0 spiro atoms. The SMILES string of the molecule is O=C(O)CC(c1ccc(OC2Cc3ccccc3C2)cc1)c1cc(F)cc(F)c1. The van der Waals surface area contributed by atoms with E-state index in [-0.39, 0.29) is 12.5 Å². The first-order valence-electron chi connectivity index (χ1n) is 9.49. The smallest absolute Gasteiger partial charge is 0.304 e. The molecule has 3 nitrogen and oxygen atoms in total. The highest BCUT2D eigenvalue weighted by atomic mass is 19.1. The molecule has 0 fully saturated rings. The van der Waals surface area contributed by atoms with Crippen LogP contribution in [0, 0.1) is 11.6 Å².